The summed E-state index contributed by atoms with van der Waals surface area (Å²) in [5, 5.41) is 12.8. The predicted octanol–water partition coefficient (Wildman–Crippen LogP) is 1.16. The lowest BCUT2D eigenvalue weighted by atomic mass is 10.4. The maximum atomic E-state index is 12.0. The number of rotatable bonds is 3. The van der Waals surface area contributed by atoms with Crippen LogP contribution in [0.2, 0.25) is 0 Å². The van der Waals surface area contributed by atoms with E-state index < -0.39 is 0 Å². The molecule has 6 nitrogen and oxygen atoms in total. The van der Waals surface area contributed by atoms with Gasteiger partial charge in [0.15, 0.2) is 5.76 Å². The third kappa shape index (κ3) is 1.56. The first-order chi connectivity index (χ1) is 8.31. The van der Waals surface area contributed by atoms with Gasteiger partial charge < -0.3 is 4.42 Å². The Balaban J connectivity index is 2.17. The molecular formula is C11H10N4O2. The lowest BCUT2D eigenvalue weighted by Gasteiger charge is -1.99. The second-order valence-corrected chi connectivity index (χ2v) is 4.00. The Labute approximate surface area is 96.7 Å². The highest BCUT2D eigenvalue weighted by atomic mass is 16.3. The van der Waals surface area contributed by atoms with Crippen LogP contribution in [0.1, 0.15) is 18.9 Å². The minimum absolute atomic E-state index is 0.0355. The standard InChI is InChI=1S/C11H10N4O2/c12-5-6-14-11(16)15(8-3-4-8)10(13-14)9-2-1-7-17-9/h1-2,7-8H,3-4,6H2. The van der Waals surface area contributed by atoms with Crippen LogP contribution in [-0.2, 0) is 6.54 Å². The normalized spacial score (nSPS) is 14.8. The molecule has 0 unspecified atom stereocenters. The zero-order valence-corrected chi connectivity index (χ0v) is 9.04. The van der Waals surface area contributed by atoms with Crippen molar-refractivity contribution < 1.29 is 4.42 Å². The molecule has 1 aliphatic carbocycles. The van der Waals surface area contributed by atoms with E-state index >= 15 is 0 Å². The van der Waals surface area contributed by atoms with Crippen LogP contribution in [0.25, 0.3) is 11.6 Å². The molecule has 0 N–H and O–H groups in total. The van der Waals surface area contributed by atoms with E-state index in [1.54, 1.807) is 23.0 Å². The van der Waals surface area contributed by atoms with E-state index in [2.05, 4.69) is 5.10 Å². The molecule has 2 aromatic heterocycles. The third-order valence-electron chi connectivity index (χ3n) is 2.74. The van der Waals surface area contributed by atoms with Crippen molar-refractivity contribution in [2.45, 2.75) is 25.4 Å². The van der Waals surface area contributed by atoms with E-state index in [-0.39, 0.29) is 18.3 Å². The molecule has 17 heavy (non-hydrogen) atoms. The Morgan fingerprint density at radius 3 is 3.00 bits per heavy atom. The summed E-state index contributed by atoms with van der Waals surface area (Å²) in [5.41, 5.74) is -0.236. The fourth-order valence-corrected chi connectivity index (χ4v) is 1.83. The molecule has 1 aliphatic rings. The van der Waals surface area contributed by atoms with E-state index in [9.17, 15) is 4.79 Å². The van der Waals surface area contributed by atoms with Gasteiger partial charge >= 0.3 is 5.69 Å². The van der Waals surface area contributed by atoms with E-state index in [1.165, 1.54) is 4.68 Å². The van der Waals surface area contributed by atoms with Gasteiger partial charge in [0.25, 0.3) is 0 Å². The fourth-order valence-electron chi connectivity index (χ4n) is 1.83. The molecule has 0 atom stereocenters. The molecule has 0 amide bonds. The Hall–Kier alpha value is -2.29. The Morgan fingerprint density at radius 1 is 1.59 bits per heavy atom. The minimum atomic E-state index is -0.236. The lowest BCUT2D eigenvalue weighted by molar-refractivity contribution is 0.568. The van der Waals surface area contributed by atoms with Crippen molar-refractivity contribution in [2.24, 2.45) is 0 Å². The zero-order chi connectivity index (χ0) is 11.8. The average Bonchev–Trinajstić information content (AvgIpc) is 2.90. The van der Waals surface area contributed by atoms with Gasteiger partial charge in [-0.3, -0.25) is 4.57 Å². The van der Waals surface area contributed by atoms with Gasteiger partial charge in [-0.1, -0.05) is 0 Å². The van der Waals surface area contributed by atoms with Crippen molar-refractivity contribution in [2.75, 3.05) is 0 Å². The van der Waals surface area contributed by atoms with E-state index in [4.69, 9.17) is 9.68 Å². The lowest BCUT2D eigenvalue weighted by Crippen LogP contribution is -2.24. The van der Waals surface area contributed by atoms with Gasteiger partial charge in [-0.15, -0.1) is 5.10 Å². The van der Waals surface area contributed by atoms with Gasteiger partial charge in [0.2, 0.25) is 5.82 Å². The smallest absolute Gasteiger partial charge is 0.347 e. The molecule has 2 aromatic rings. The third-order valence-corrected chi connectivity index (χ3v) is 2.74. The fraction of sp³-hybridized carbons (Fsp3) is 0.364. The second-order valence-electron chi connectivity index (χ2n) is 4.00. The van der Waals surface area contributed by atoms with Crippen LogP contribution < -0.4 is 5.69 Å². The molecule has 0 aromatic carbocycles. The maximum Gasteiger partial charge on any atom is 0.347 e. The quantitative estimate of drug-likeness (QED) is 0.792. The molecular weight excluding hydrogens is 220 g/mol. The van der Waals surface area contributed by atoms with Crippen molar-refractivity contribution in [1.29, 1.82) is 5.26 Å². The summed E-state index contributed by atoms with van der Waals surface area (Å²) in [6.45, 7) is -0.0355. The molecule has 1 saturated carbocycles. The Kier molecular flexibility index (Phi) is 2.11. The van der Waals surface area contributed by atoms with E-state index in [0.29, 0.717) is 11.6 Å². The van der Waals surface area contributed by atoms with Gasteiger partial charge in [0, 0.05) is 6.04 Å². The molecule has 0 aliphatic heterocycles. The topological polar surface area (TPSA) is 76.8 Å². The van der Waals surface area contributed by atoms with Crippen molar-refractivity contribution in [3.05, 3.63) is 28.9 Å². The van der Waals surface area contributed by atoms with Crippen LogP contribution in [-0.4, -0.2) is 14.3 Å². The van der Waals surface area contributed by atoms with Crippen LogP contribution in [0.3, 0.4) is 0 Å². The Morgan fingerprint density at radius 2 is 2.41 bits per heavy atom. The first-order valence-corrected chi connectivity index (χ1v) is 5.41. The second kappa shape index (κ2) is 3.63. The largest absolute Gasteiger partial charge is 0.461 e. The molecule has 1 fully saturated rings. The zero-order valence-electron chi connectivity index (χ0n) is 9.04. The van der Waals surface area contributed by atoms with E-state index in [0.717, 1.165) is 12.8 Å². The molecule has 6 heteroatoms. The van der Waals surface area contributed by atoms with Crippen LogP contribution in [0.5, 0.6) is 0 Å². The summed E-state index contributed by atoms with van der Waals surface area (Å²) >= 11 is 0. The van der Waals surface area contributed by atoms with Crippen LogP contribution in [0.15, 0.2) is 27.6 Å². The molecule has 0 radical (unpaired) electrons. The molecule has 0 spiro atoms. The first-order valence-electron chi connectivity index (χ1n) is 5.41. The van der Waals surface area contributed by atoms with Crippen molar-refractivity contribution in [1.82, 2.24) is 14.3 Å². The van der Waals surface area contributed by atoms with Crippen molar-refractivity contribution in [3.63, 3.8) is 0 Å². The van der Waals surface area contributed by atoms with Crippen molar-refractivity contribution in [3.8, 4) is 17.7 Å². The predicted molar refractivity (Wildman–Crippen MR) is 58.1 cm³/mol. The summed E-state index contributed by atoms with van der Waals surface area (Å²) < 4.78 is 8.06. The van der Waals surface area contributed by atoms with Crippen LogP contribution in [0.4, 0.5) is 0 Å². The molecule has 2 heterocycles. The summed E-state index contributed by atoms with van der Waals surface area (Å²) in [4.78, 5) is 12.0. The van der Waals surface area contributed by atoms with Crippen LogP contribution in [0, 0.1) is 11.3 Å². The van der Waals surface area contributed by atoms with Gasteiger partial charge in [-0.05, 0) is 25.0 Å². The summed E-state index contributed by atoms with van der Waals surface area (Å²) in [5.74, 6) is 1.07. The highest BCUT2D eigenvalue weighted by Crippen LogP contribution is 2.36. The Bertz CT molecular complexity index is 625. The molecule has 0 bridgehead atoms. The number of hydrogen-bond donors (Lipinski definition) is 0. The number of nitrogens with zero attached hydrogens (tertiary/aromatic N) is 4. The van der Waals surface area contributed by atoms with Gasteiger partial charge in [-0.2, -0.15) is 9.94 Å². The number of furan rings is 1. The number of nitriles is 1. The molecule has 86 valence electrons. The number of hydrogen-bond acceptors (Lipinski definition) is 4. The average molecular weight is 230 g/mol. The van der Waals surface area contributed by atoms with Gasteiger partial charge in [0.05, 0.1) is 12.3 Å². The van der Waals surface area contributed by atoms with E-state index in [1.807, 2.05) is 6.07 Å². The summed E-state index contributed by atoms with van der Waals surface area (Å²) in [6, 6.07) is 5.64. The number of aromatic nitrogens is 3. The SMILES string of the molecule is N#CCn1nc(-c2ccco2)n(C2CC2)c1=O. The van der Waals surface area contributed by atoms with Crippen molar-refractivity contribution >= 4 is 0 Å². The van der Waals surface area contributed by atoms with Crippen LogP contribution >= 0.6 is 0 Å². The minimum Gasteiger partial charge on any atom is -0.461 e. The highest BCUT2D eigenvalue weighted by molar-refractivity contribution is 5.46. The summed E-state index contributed by atoms with van der Waals surface area (Å²) in [7, 11) is 0. The summed E-state index contributed by atoms with van der Waals surface area (Å²) in [6.07, 6.45) is 3.50. The maximum absolute atomic E-state index is 12.0. The molecule has 3 rings (SSSR count). The first kappa shape index (κ1) is 9.90. The molecule has 0 saturated heterocycles. The highest BCUT2D eigenvalue weighted by Gasteiger charge is 2.31. The van der Waals surface area contributed by atoms with Gasteiger partial charge in [0.1, 0.15) is 6.54 Å². The van der Waals surface area contributed by atoms with Gasteiger partial charge in [-0.25, -0.2) is 4.79 Å². The monoisotopic (exact) mass is 230 g/mol.